The maximum absolute atomic E-state index is 15.9. The zero-order chi connectivity index (χ0) is 55.9. The molecule has 1 amide bonds. The second-order valence-electron chi connectivity index (χ2n) is 21.9. The van der Waals surface area contributed by atoms with Crippen molar-refractivity contribution < 1.29 is 87.4 Å². The van der Waals surface area contributed by atoms with Crippen LogP contribution in [0.2, 0.25) is 0 Å². The van der Waals surface area contributed by atoms with Gasteiger partial charge in [-0.05, 0) is 124 Å². The van der Waals surface area contributed by atoms with Crippen LogP contribution in [0.1, 0.15) is 120 Å². The van der Waals surface area contributed by atoms with Crippen molar-refractivity contribution in [2.45, 2.75) is 154 Å². The predicted molar refractivity (Wildman–Crippen MR) is 277 cm³/mol. The average Bonchev–Trinajstić information content (AvgIpc) is 3.01. The summed E-state index contributed by atoms with van der Waals surface area (Å²) in [6.07, 6.45) is 4.94. The third-order valence-corrected chi connectivity index (χ3v) is 15.3. The second-order valence-corrected chi connectivity index (χ2v) is 21.9. The van der Waals surface area contributed by atoms with E-state index in [1.807, 2.05) is 60.6 Å². The lowest BCUT2D eigenvalue weighted by Crippen LogP contribution is -2.72. The van der Waals surface area contributed by atoms with E-state index in [0.29, 0.717) is 36.1 Å². The Labute approximate surface area is 447 Å². The number of carbonyl (C=O) groups is 5. The Hall–Kier alpha value is -6.03. The summed E-state index contributed by atoms with van der Waals surface area (Å²) in [5.74, 6) is -4.19. The van der Waals surface area contributed by atoms with Crippen LogP contribution in [0.3, 0.4) is 0 Å². The molecule has 3 aliphatic carbocycles. The lowest BCUT2D eigenvalue weighted by Gasteiger charge is -2.56. The Kier molecular flexibility index (Phi) is 16.6. The van der Waals surface area contributed by atoms with Gasteiger partial charge in [-0.2, -0.15) is 0 Å². The van der Waals surface area contributed by atoms with Crippen LogP contribution < -0.4 is 24.3 Å². The number of allylic oxidation sites excluding steroid dienone is 5. The Bertz CT molecular complexity index is 2820. The van der Waals surface area contributed by atoms with Crippen LogP contribution in [-0.2, 0) is 39.8 Å². The summed E-state index contributed by atoms with van der Waals surface area (Å²) in [5.41, 5.74) is -2.26. The van der Waals surface area contributed by atoms with Gasteiger partial charge in [-0.1, -0.05) is 35.5 Å². The van der Waals surface area contributed by atoms with Crippen molar-refractivity contribution >= 4 is 35.5 Å². The second kappa shape index (κ2) is 22.4. The molecule has 2 saturated heterocycles. The number of hydrogen-bond acceptors (Lipinski definition) is 18. The third kappa shape index (κ3) is 10.7. The topological polar surface area (TPSA) is 272 Å². The number of carbonyl (C=O) groups excluding carboxylic acids is 5. The fraction of sp³-hybridized carbons (Fsp3) is 0.534. The number of nitrogens with one attached hydrogen (secondary N) is 1. The SMILES string of the molecule is CC(C)=CCCC1(C)C=Cc2c(c(CC=C(C)C)c3c(c2OC(=O)C(C)NC(=O)c2ccc(O[C@@H]4O[C@H](CO)[C@@H](O)[C@@H](O)[C@H]4O)cc2)C(=O)C2=CC4CC5C(C)(C)OC(CC=C(C)C(=O)OCCOCCO)(C4=O)C25O3)O1. The van der Waals surface area contributed by atoms with Gasteiger partial charge in [0.05, 0.1) is 37.6 Å². The van der Waals surface area contributed by atoms with Gasteiger partial charge in [-0.3, -0.25) is 14.4 Å². The van der Waals surface area contributed by atoms with Gasteiger partial charge in [0.15, 0.2) is 28.5 Å². The van der Waals surface area contributed by atoms with Crippen molar-refractivity contribution in [1.29, 1.82) is 0 Å². The molecule has 1 saturated carbocycles. The highest BCUT2D eigenvalue weighted by molar-refractivity contribution is 6.19. The van der Waals surface area contributed by atoms with E-state index in [0.717, 1.165) is 11.1 Å². The van der Waals surface area contributed by atoms with Crippen molar-refractivity contribution in [3.05, 3.63) is 99.2 Å². The van der Waals surface area contributed by atoms with E-state index >= 15 is 9.59 Å². The number of fused-ring (bicyclic) bond motifs is 2. The van der Waals surface area contributed by atoms with E-state index in [1.165, 1.54) is 31.2 Å². The van der Waals surface area contributed by atoms with Gasteiger partial charge in [-0.15, -0.1) is 0 Å². The summed E-state index contributed by atoms with van der Waals surface area (Å²) in [5, 5.41) is 52.1. The van der Waals surface area contributed by atoms with Crippen LogP contribution in [0.25, 0.3) is 6.08 Å². The van der Waals surface area contributed by atoms with E-state index in [-0.39, 0.29) is 84.6 Å². The Morgan fingerprint density at radius 1 is 0.883 bits per heavy atom. The molecular formula is C58H71NO18. The molecule has 0 aromatic heterocycles. The highest BCUT2D eigenvalue weighted by Crippen LogP contribution is 2.69. The highest BCUT2D eigenvalue weighted by atomic mass is 16.7. The Morgan fingerprint density at radius 3 is 2.27 bits per heavy atom. The molecule has 9 rings (SSSR count). The summed E-state index contributed by atoms with van der Waals surface area (Å²) >= 11 is 0. The fourth-order valence-corrected chi connectivity index (χ4v) is 11.2. The minimum Gasteiger partial charge on any atom is -0.482 e. The standard InChI is InChI=1S/C58H71NO18/c1-30(2)11-10-20-56(9)21-19-38-47(75-56)37(17-12-31(3)4)49-42(48(38)74-53(69)33(6)59-51(67)34-13-15-36(16-14-34)72-54-46(65)45(64)44(63)40(29-61)73-54)43(62)39-27-35-28-41-55(7,8)77-57(50(35)66,58(39,41)76-49)22-18-32(5)52(68)71-26-25-70-24-23-60/h11-16,18-19,21,27,33,35,40-41,44-46,54,60-61,63-65H,10,17,20,22-26,28-29H2,1-9H3,(H,59,67)/t33?,35?,40-,41?,44-,45-,46-,54-,56?,57?,58?/m1/s1. The van der Waals surface area contributed by atoms with Gasteiger partial charge in [0.2, 0.25) is 6.29 Å². The van der Waals surface area contributed by atoms with Crippen LogP contribution in [0, 0.1) is 11.8 Å². The fourth-order valence-electron chi connectivity index (χ4n) is 11.2. The summed E-state index contributed by atoms with van der Waals surface area (Å²) in [6, 6.07) is 4.23. The van der Waals surface area contributed by atoms with Crippen LogP contribution in [0.5, 0.6) is 23.0 Å². The smallest absolute Gasteiger partial charge is 0.333 e. The van der Waals surface area contributed by atoms with Crippen LogP contribution >= 0.6 is 0 Å². The molecule has 6 N–H and O–H groups in total. The van der Waals surface area contributed by atoms with Gasteiger partial charge in [0.25, 0.3) is 5.91 Å². The molecule has 416 valence electrons. The summed E-state index contributed by atoms with van der Waals surface area (Å²) in [4.78, 5) is 72.4. The highest BCUT2D eigenvalue weighted by Gasteiger charge is 2.81. The molecule has 4 aliphatic heterocycles. The molecule has 7 aliphatic rings. The largest absolute Gasteiger partial charge is 0.482 e. The Balaban J connectivity index is 1.17. The first-order chi connectivity index (χ1) is 36.4. The minimum absolute atomic E-state index is 0.0441. The first kappa shape index (κ1) is 57.2. The van der Waals surface area contributed by atoms with Crippen molar-refractivity contribution in [3.8, 4) is 23.0 Å². The first-order valence-corrected chi connectivity index (χ1v) is 26.1. The number of aliphatic hydroxyl groups excluding tert-OH is 5. The maximum atomic E-state index is 15.9. The molecule has 19 nitrogen and oxygen atoms in total. The van der Waals surface area contributed by atoms with Gasteiger partial charge in [0.1, 0.15) is 65.5 Å². The van der Waals surface area contributed by atoms with E-state index < -0.39 is 101 Å². The lowest BCUT2D eigenvalue weighted by atomic mass is 9.51. The molecule has 1 spiro atoms. The monoisotopic (exact) mass is 1070 g/mol. The normalized spacial score (nSPS) is 29.6. The number of benzene rings is 2. The van der Waals surface area contributed by atoms with Crippen LogP contribution in [0.4, 0.5) is 0 Å². The van der Waals surface area contributed by atoms with E-state index in [9.17, 15) is 34.8 Å². The van der Waals surface area contributed by atoms with Crippen molar-refractivity contribution in [1.82, 2.24) is 5.32 Å². The average molecular weight is 1070 g/mol. The number of esters is 2. The quantitative estimate of drug-likeness (QED) is 0.0338. The van der Waals surface area contributed by atoms with Crippen molar-refractivity contribution in [2.75, 3.05) is 33.0 Å². The molecule has 77 heavy (non-hydrogen) atoms. The maximum Gasteiger partial charge on any atom is 0.333 e. The van der Waals surface area contributed by atoms with Crippen LogP contribution in [-0.4, -0.2) is 147 Å². The molecule has 6 unspecified atom stereocenters. The molecule has 4 heterocycles. The van der Waals surface area contributed by atoms with Crippen molar-refractivity contribution in [2.24, 2.45) is 11.8 Å². The molecule has 2 aromatic carbocycles. The zero-order valence-electron chi connectivity index (χ0n) is 45.0. The molecule has 4 bridgehead atoms. The number of Topliss-reactive ketones (excluding diaryl/α,β-unsaturated/α-hetero) is 2. The number of ether oxygens (including phenoxy) is 8. The number of aliphatic hydroxyl groups is 5. The number of rotatable bonds is 20. The molecule has 3 fully saturated rings. The third-order valence-electron chi connectivity index (χ3n) is 15.3. The summed E-state index contributed by atoms with van der Waals surface area (Å²) in [7, 11) is 0. The van der Waals surface area contributed by atoms with Gasteiger partial charge in [0, 0.05) is 40.5 Å². The predicted octanol–water partition coefficient (Wildman–Crippen LogP) is 4.90. The van der Waals surface area contributed by atoms with Gasteiger partial charge in [-0.25, -0.2) is 9.59 Å². The lowest BCUT2D eigenvalue weighted by molar-refractivity contribution is -0.277. The van der Waals surface area contributed by atoms with E-state index in [2.05, 4.69) is 11.4 Å². The number of hydrogen-bond donors (Lipinski definition) is 6. The van der Waals surface area contributed by atoms with E-state index in [4.69, 9.17) is 43.0 Å². The van der Waals surface area contributed by atoms with Gasteiger partial charge >= 0.3 is 11.9 Å². The number of ketones is 2. The number of amides is 1. The first-order valence-electron chi connectivity index (χ1n) is 26.1. The van der Waals surface area contributed by atoms with Crippen molar-refractivity contribution in [3.63, 3.8) is 0 Å². The molecule has 19 heteroatoms. The van der Waals surface area contributed by atoms with Crippen LogP contribution in [0.15, 0.2) is 76.9 Å². The molecule has 11 atom stereocenters. The summed E-state index contributed by atoms with van der Waals surface area (Å²) < 4.78 is 49.6. The summed E-state index contributed by atoms with van der Waals surface area (Å²) in [6.45, 7) is 15.8. The Morgan fingerprint density at radius 2 is 1.60 bits per heavy atom. The molecular weight excluding hydrogens is 999 g/mol. The van der Waals surface area contributed by atoms with E-state index in [1.54, 1.807) is 25.2 Å². The van der Waals surface area contributed by atoms with Gasteiger partial charge < -0.3 is 68.7 Å². The molecule has 2 aromatic rings. The minimum atomic E-state index is -1.81. The molecule has 0 radical (unpaired) electrons. The zero-order valence-corrected chi connectivity index (χ0v) is 45.0.